The monoisotopic (exact) mass is 348 g/mol. The Morgan fingerprint density at radius 2 is 2.04 bits per heavy atom. The van der Waals surface area contributed by atoms with Crippen molar-refractivity contribution in [2.45, 2.75) is 39.8 Å². The molecule has 2 aromatic rings. The molecule has 7 heteroatoms. The lowest BCUT2D eigenvalue weighted by molar-refractivity contribution is -0.121. The number of amides is 1. The van der Waals surface area contributed by atoms with Gasteiger partial charge in [0.1, 0.15) is 5.75 Å². The van der Waals surface area contributed by atoms with E-state index in [1.54, 1.807) is 7.11 Å². The minimum absolute atomic E-state index is 0.0459. The fraction of sp³-hybridized carbons (Fsp3) is 0.471. The van der Waals surface area contributed by atoms with Gasteiger partial charge in [0.15, 0.2) is 10.6 Å². The number of carbonyl (C=O) groups excluding carboxylic acids is 1. The number of benzene rings is 1. The average molecular weight is 348 g/mol. The highest BCUT2D eigenvalue weighted by Crippen LogP contribution is 2.20. The Labute approximate surface area is 147 Å². The van der Waals surface area contributed by atoms with Crippen molar-refractivity contribution < 1.29 is 9.53 Å². The Kier molecular flexibility index (Phi) is 6.14. The molecular formula is C17H24N4O2S. The zero-order valence-electron chi connectivity index (χ0n) is 14.5. The summed E-state index contributed by atoms with van der Waals surface area (Å²) in [6, 6.07) is 7.30. The van der Waals surface area contributed by atoms with Gasteiger partial charge in [-0.1, -0.05) is 26.0 Å². The Balaban J connectivity index is 2.12. The van der Waals surface area contributed by atoms with Crippen LogP contribution in [0.1, 0.15) is 38.2 Å². The molecule has 0 fully saturated rings. The van der Waals surface area contributed by atoms with E-state index < -0.39 is 0 Å². The first kappa shape index (κ1) is 18.2. The third-order valence-electron chi connectivity index (χ3n) is 3.89. The van der Waals surface area contributed by atoms with Crippen molar-refractivity contribution in [2.75, 3.05) is 7.11 Å². The largest absolute Gasteiger partial charge is 0.497 e. The van der Waals surface area contributed by atoms with Gasteiger partial charge in [-0.25, -0.2) is 0 Å². The maximum atomic E-state index is 12.4. The second-order valence-electron chi connectivity index (χ2n) is 5.95. The number of ether oxygens (including phenoxy) is 1. The zero-order chi connectivity index (χ0) is 17.7. The molecule has 0 aliphatic rings. The van der Waals surface area contributed by atoms with Crippen molar-refractivity contribution in [2.24, 2.45) is 5.92 Å². The van der Waals surface area contributed by atoms with Crippen molar-refractivity contribution in [1.29, 1.82) is 0 Å². The van der Waals surface area contributed by atoms with Crippen molar-refractivity contribution in [1.82, 2.24) is 20.1 Å². The van der Waals surface area contributed by atoms with E-state index in [0.717, 1.165) is 17.1 Å². The predicted molar refractivity (Wildman–Crippen MR) is 95.5 cm³/mol. The molecule has 1 heterocycles. The average Bonchev–Trinajstić information content (AvgIpc) is 2.93. The Hall–Kier alpha value is -2.15. The molecule has 0 unspecified atom stereocenters. The number of methoxy groups -OCH3 is 1. The van der Waals surface area contributed by atoms with Crippen molar-refractivity contribution >= 4 is 18.1 Å². The maximum absolute atomic E-state index is 12.4. The highest BCUT2D eigenvalue weighted by Gasteiger charge is 2.23. The summed E-state index contributed by atoms with van der Waals surface area (Å²) < 4.78 is 7.61. The summed E-state index contributed by atoms with van der Waals surface area (Å²) in [6.07, 6.45) is 0.310. The number of hydrogen-bond acceptors (Lipinski definition) is 4. The second-order valence-corrected chi connectivity index (χ2v) is 6.33. The number of rotatable bonds is 7. The third kappa shape index (κ3) is 4.23. The van der Waals surface area contributed by atoms with Gasteiger partial charge in [0.05, 0.1) is 19.6 Å². The molecule has 0 saturated carbocycles. The molecule has 2 N–H and O–H groups in total. The predicted octanol–water partition coefficient (Wildman–Crippen LogP) is 3.03. The van der Waals surface area contributed by atoms with Gasteiger partial charge in [0.2, 0.25) is 5.91 Å². The summed E-state index contributed by atoms with van der Waals surface area (Å²) in [5, 5.41) is 10.2. The van der Waals surface area contributed by atoms with E-state index >= 15 is 0 Å². The number of carbonyl (C=O) groups is 1. The fourth-order valence-corrected chi connectivity index (χ4v) is 2.82. The van der Waals surface area contributed by atoms with Crippen LogP contribution in [0.4, 0.5) is 0 Å². The Morgan fingerprint density at radius 1 is 1.38 bits per heavy atom. The number of aromatic amines is 1. The van der Waals surface area contributed by atoms with Crippen molar-refractivity contribution in [3.8, 4) is 5.75 Å². The van der Waals surface area contributed by atoms with Crippen LogP contribution < -0.4 is 10.1 Å². The van der Waals surface area contributed by atoms with Crippen LogP contribution in [0.15, 0.2) is 24.3 Å². The van der Waals surface area contributed by atoms with E-state index in [0.29, 0.717) is 17.7 Å². The number of nitrogens with one attached hydrogen (secondary N) is 2. The van der Waals surface area contributed by atoms with E-state index in [2.05, 4.69) is 29.4 Å². The fourth-order valence-electron chi connectivity index (χ4n) is 2.56. The first-order valence-electron chi connectivity index (χ1n) is 8.03. The first-order valence-corrected chi connectivity index (χ1v) is 8.44. The molecule has 130 valence electrons. The van der Waals surface area contributed by atoms with Gasteiger partial charge in [0, 0.05) is 6.54 Å². The zero-order valence-corrected chi connectivity index (χ0v) is 15.3. The van der Waals surface area contributed by atoms with Crippen molar-refractivity contribution in [3.05, 3.63) is 40.4 Å². The van der Waals surface area contributed by atoms with Crippen LogP contribution >= 0.6 is 12.2 Å². The third-order valence-corrected chi connectivity index (χ3v) is 4.20. The van der Waals surface area contributed by atoms with Gasteiger partial charge in [-0.3, -0.25) is 9.89 Å². The van der Waals surface area contributed by atoms with Crippen LogP contribution in [0.25, 0.3) is 0 Å². The van der Waals surface area contributed by atoms with Gasteiger partial charge in [-0.05, 0) is 42.8 Å². The van der Waals surface area contributed by atoms with Gasteiger partial charge in [-0.2, -0.15) is 5.10 Å². The Bertz CT molecular complexity index is 734. The number of H-pyrrole nitrogens is 1. The summed E-state index contributed by atoms with van der Waals surface area (Å²) in [5.41, 5.74) is 0.935. The van der Waals surface area contributed by atoms with Gasteiger partial charge in [-0.15, -0.1) is 0 Å². The van der Waals surface area contributed by atoms with Crippen LogP contribution in [0.2, 0.25) is 0 Å². The lowest BCUT2D eigenvalue weighted by atomic mass is 10.0. The second kappa shape index (κ2) is 8.10. The van der Waals surface area contributed by atoms with Crippen LogP contribution in [0.3, 0.4) is 0 Å². The summed E-state index contributed by atoms with van der Waals surface area (Å²) >= 11 is 5.24. The van der Waals surface area contributed by atoms with E-state index in [1.165, 1.54) is 0 Å². The molecule has 0 spiro atoms. The van der Waals surface area contributed by atoms with Crippen LogP contribution in [-0.2, 0) is 17.8 Å². The van der Waals surface area contributed by atoms with Crippen LogP contribution in [-0.4, -0.2) is 27.8 Å². The molecule has 1 atom stereocenters. The summed E-state index contributed by atoms with van der Waals surface area (Å²) in [5.74, 6) is 1.69. The maximum Gasteiger partial charge on any atom is 0.225 e. The van der Waals surface area contributed by atoms with E-state index in [9.17, 15) is 4.79 Å². The number of hydrogen-bond donors (Lipinski definition) is 2. The number of aromatic nitrogens is 3. The van der Waals surface area contributed by atoms with Gasteiger partial charge < -0.3 is 14.6 Å². The Morgan fingerprint density at radius 3 is 2.58 bits per heavy atom. The molecule has 0 radical (unpaired) electrons. The van der Waals surface area contributed by atoms with Crippen LogP contribution in [0.5, 0.6) is 5.75 Å². The van der Waals surface area contributed by atoms with E-state index in [4.69, 9.17) is 17.0 Å². The minimum atomic E-state index is -0.191. The standard InChI is InChI=1S/C17H24N4O2S/c1-5-21-16(19-20-17(21)24)15(11(2)3)18-14(22)10-12-6-8-13(23-4)9-7-12/h6-9,11,15H,5,10H2,1-4H3,(H,18,22)(H,20,24)/t15-/m0/s1. The van der Waals surface area contributed by atoms with Crippen molar-refractivity contribution in [3.63, 3.8) is 0 Å². The summed E-state index contributed by atoms with van der Waals surface area (Å²) in [4.78, 5) is 12.4. The molecule has 1 aromatic heterocycles. The molecule has 1 aromatic carbocycles. The highest BCUT2D eigenvalue weighted by atomic mass is 32.1. The highest BCUT2D eigenvalue weighted by molar-refractivity contribution is 7.71. The number of nitrogens with zero attached hydrogens (tertiary/aromatic N) is 2. The summed E-state index contributed by atoms with van der Waals surface area (Å²) in [7, 11) is 1.62. The lowest BCUT2D eigenvalue weighted by Crippen LogP contribution is -2.34. The molecule has 0 aliphatic heterocycles. The SMILES string of the molecule is CCn1c([C@@H](NC(=O)Cc2ccc(OC)cc2)C(C)C)n[nH]c1=S. The normalized spacial score (nSPS) is 12.2. The molecule has 0 saturated heterocycles. The smallest absolute Gasteiger partial charge is 0.225 e. The topological polar surface area (TPSA) is 71.9 Å². The van der Waals surface area contributed by atoms with Gasteiger partial charge >= 0.3 is 0 Å². The molecular weight excluding hydrogens is 324 g/mol. The van der Waals surface area contributed by atoms with Gasteiger partial charge in [0.25, 0.3) is 0 Å². The molecule has 2 rings (SSSR count). The molecule has 0 bridgehead atoms. The van der Waals surface area contributed by atoms with E-state index in [-0.39, 0.29) is 17.9 Å². The first-order chi connectivity index (χ1) is 11.5. The molecule has 24 heavy (non-hydrogen) atoms. The van der Waals surface area contributed by atoms with E-state index in [1.807, 2.05) is 35.8 Å². The quantitative estimate of drug-likeness (QED) is 0.755. The van der Waals surface area contributed by atoms with Crippen LogP contribution in [0, 0.1) is 10.7 Å². The molecule has 6 nitrogen and oxygen atoms in total. The molecule has 1 amide bonds. The lowest BCUT2D eigenvalue weighted by Gasteiger charge is -2.22. The minimum Gasteiger partial charge on any atom is -0.497 e. The summed E-state index contributed by atoms with van der Waals surface area (Å²) in [6.45, 7) is 6.82. The molecule has 0 aliphatic carbocycles.